The van der Waals surface area contributed by atoms with Crippen LogP contribution < -0.4 is 15.1 Å². The van der Waals surface area contributed by atoms with E-state index in [0.29, 0.717) is 22.5 Å². The van der Waals surface area contributed by atoms with Gasteiger partial charge in [-0.3, -0.25) is 0 Å². The summed E-state index contributed by atoms with van der Waals surface area (Å²) in [5.41, 5.74) is -0.0673. The predicted octanol–water partition coefficient (Wildman–Crippen LogP) is 2.54. The van der Waals surface area contributed by atoms with E-state index in [1.165, 1.54) is 26.2 Å². The van der Waals surface area contributed by atoms with Crippen LogP contribution in [0.15, 0.2) is 33.5 Å². The molecular weight excluding hydrogens is 239 g/mol. The molecule has 2 aromatic rings. The molecule has 0 aliphatic rings. The van der Waals surface area contributed by atoms with Gasteiger partial charge in [0.2, 0.25) is 0 Å². The number of halogens is 1. The molecule has 18 heavy (non-hydrogen) atoms. The summed E-state index contributed by atoms with van der Waals surface area (Å²) in [5, 5.41) is 0.715. The van der Waals surface area contributed by atoms with Crippen molar-refractivity contribution in [2.24, 2.45) is 0 Å². The Kier molecular flexibility index (Phi) is 3.50. The van der Waals surface area contributed by atoms with E-state index in [9.17, 15) is 9.18 Å². The van der Waals surface area contributed by atoms with Gasteiger partial charge in [0, 0.05) is 17.5 Å². The summed E-state index contributed by atoms with van der Waals surface area (Å²) in [6.45, 7) is 1.31. The van der Waals surface area contributed by atoms with E-state index in [1.54, 1.807) is 12.1 Å². The lowest BCUT2D eigenvalue weighted by atomic mass is 10.2. The van der Waals surface area contributed by atoms with Crippen molar-refractivity contribution in [3.63, 3.8) is 0 Å². The molecule has 5 heteroatoms. The van der Waals surface area contributed by atoms with E-state index in [-0.39, 0.29) is 6.61 Å². The van der Waals surface area contributed by atoms with Crippen molar-refractivity contribution < 1.29 is 18.3 Å². The van der Waals surface area contributed by atoms with Crippen LogP contribution in [0, 0.1) is 0 Å². The second-order valence-corrected chi connectivity index (χ2v) is 3.89. The second-order valence-electron chi connectivity index (χ2n) is 3.89. The molecule has 1 atom stereocenters. The zero-order chi connectivity index (χ0) is 13.1. The van der Waals surface area contributed by atoms with E-state index in [2.05, 4.69) is 0 Å². The molecule has 0 saturated heterocycles. The average molecular weight is 252 g/mol. The fourth-order valence-corrected chi connectivity index (χ4v) is 1.55. The molecule has 1 heterocycles. The fraction of sp³-hybridized carbons (Fsp3) is 0.308. The first-order valence-corrected chi connectivity index (χ1v) is 5.49. The molecule has 0 bridgehead atoms. The van der Waals surface area contributed by atoms with E-state index in [4.69, 9.17) is 13.9 Å². The summed E-state index contributed by atoms with van der Waals surface area (Å²) in [7, 11) is 1.49. The van der Waals surface area contributed by atoms with Gasteiger partial charge in [-0.15, -0.1) is 0 Å². The molecule has 1 aromatic carbocycles. The highest BCUT2D eigenvalue weighted by molar-refractivity contribution is 5.80. The van der Waals surface area contributed by atoms with Crippen LogP contribution in [-0.2, 0) is 0 Å². The van der Waals surface area contributed by atoms with Gasteiger partial charge in [0.1, 0.15) is 18.4 Å². The SMILES string of the molecule is COc1cc2ccc(=O)oc2cc1OCC(C)F. The van der Waals surface area contributed by atoms with Crippen LogP contribution in [0.5, 0.6) is 11.5 Å². The molecule has 96 valence electrons. The van der Waals surface area contributed by atoms with Crippen LogP contribution in [-0.4, -0.2) is 19.9 Å². The molecular formula is C13H13FO4. The number of rotatable bonds is 4. The van der Waals surface area contributed by atoms with Crippen molar-refractivity contribution in [2.75, 3.05) is 13.7 Å². The van der Waals surface area contributed by atoms with Crippen molar-refractivity contribution in [3.05, 3.63) is 34.7 Å². The molecule has 0 aliphatic heterocycles. The number of fused-ring (bicyclic) bond motifs is 1. The molecule has 0 spiro atoms. The highest BCUT2D eigenvalue weighted by atomic mass is 19.1. The third-order valence-electron chi connectivity index (χ3n) is 2.37. The highest BCUT2D eigenvalue weighted by Crippen LogP contribution is 2.31. The first-order chi connectivity index (χ1) is 8.60. The Hall–Kier alpha value is -2.04. The lowest BCUT2D eigenvalue weighted by molar-refractivity contribution is 0.203. The maximum atomic E-state index is 12.8. The molecule has 0 aliphatic carbocycles. The minimum absolute atomic E-state index is 0.0844. The highest BCUT2D eigenvalue weighted by Gasteiger charge is 2.10. The van der Waals surface area contributed by atoms with Crippen molar-refractivity contribution >= 4 is 11.0 Å². The zero-order valence-electron chi connectivity index (χ0n) is 10.1. The third-order valence-corrected chi connectivity index (χ3v) is 2.37. The Morgan fingerprint density at radius 2 is 2.11 bits per heavy atom. The van der Waals surface area contributed by atoms with Gasteiger partial charge < -0.3 is 13.9 Å². The fourth-order valence-electron chi connectivity index (χ4n) is 1.55. The van der Waals surface area contributed by atoms with Gasteiger partial charge in [-0.1, -0.05) is 0 Å². The molecule has 1 aromatic heterocycles. The van der Waals surface area contributed by atoms with Crippen molar-refractivity contribution in [1.82, 2.24) is 0 Å². The van der Waals surface area contributed by atoms with Crippen LogP contribution in [0.3, 0.4) is 0 Å². The summed E-state index contributed by atoms with van der Waals surface area (Å²) >= 11 is 0. The minimum Gasteiger partial charge on any atom is -0.493 e. The van der Waals surface area contributed by atoms with Crippen molar-refractivity contribution in [1.29, 1.82) is 0 Å². The predicted molar refractivity (Wildman–Crippen MR) is 65.1 cm³/mol. The Balaban J connectivity index is 2.46. The lowest BCUT2D eigenvalue weighted by Crippen LogP contribution is -2.09. The Morgan fingerprint density at radius 3 is 2.78 bits per heavy atom. The lowest BCUT2D eigenvalue weighted by Gasteiger charge is -2.11. The monoisotopic (exact) mass is 252 g/mol. The maximum Gasteiger partial charge on any atom is 0.336 e. The number of hydrogen-bond donors (Lipinski definition) is 0. The smallest absolute Gasteiger partial charge is 0.336 e. The topological polar surface area (TPSA) is 48.7 Å². The van der Waals surface area contributed by atoms with Crippen LogP contribution in [0.1, 0.15) is 6.92 Å². The zero-order valence-corrected chi connectivity index (χ0v) is 10.1. The third kappa shape index (κ3) is 2.61. The number of benzene rings is 1. The molecule has 0 N–H and O–H groups in total. The van der Waals surface area contributed by atoms with Crippen molar-refractivity contribution in [2.45, 2.75) is 13.1 Å². The first kappa shape index (κ1) is 12.4. The van der Waals surface area contributed by atoms with Gasteiger partial charge in [0.15, 0.2) is 11.5 Å². The maximum absolute atomic E-state index is 12.8. The van der Waals surface area contributed by atoms with Crippen LogP contribution in [0.25, 0.3) is 11.0 Å². The van der Waals surface area contributed by atoms with Gasteiger partial charge in [0.25, 0.3) is 0 Å². The van der Waals surface area contributed by atoms with Gasteiger partial charge in [-0.05, 0) is 19.1 Å². The molecule has 0 fully saturated rings. The standard InChI is InChI=1S/C13H13FO4/c1-8(14)7-17-12-6-10-9(5-11(12)16-2)3-4-13(15)18-10/h3-6,8H,7H2,1-2H3. The summed E-state index contributed by atoms with van der Waals surface area (Å²) in [6.07, 6.45) is -1.09. The number of hydrogen-bond acceptors (Lipinski definition) is 4. The summed E-state index contributed by atoms with van der Waals surface area (Å²) in [4.78, 5) is 11.1. The Labute approximate surface area is 103 Å². The largest absolute Gasteiger partial charge is 0.493 e. The Morgan fingerprint density at radius 1 is 1.33 bits per heavy atom. The summed E-state index contributed by atoms with van der Waals surface area (Å²) in [5.74, 6) is 0.820. The summed E-state index contributed by atoms with van der Waals surface area (Å²) < 4.78 is 28.2. The van der Waals surface area contributed by atoms with Crippen LogP contribution in [0.2, 0.25) is 0 Å². The summed E-state index contributed by atoms with van der Waals surface area (Å²) in [6, 6.07) is 6.16. The number of alkyl halides is 1. The quantitative estimate of drug-likeness (QED) is 0.784. The van der Waals surface area contributed by atoms with Gasteiger partial charge in [0.05, 0.1) is 7.11 Å². The van der Waals surface area contributed by atoms with Crippen LogP contribution in [0.4, 0.5) is 4.39 Å². The minimum atomic E-state index is -1.09. The normalized spacial score (nSPS) is 12.4. The number of methoxy groups -OCH3 is 1. The molecule has 0 saturated carbocycles. The van der Waals surface area contributed by atoms with E-state index >= 15 is 0 Å². The van der Waals surface area contributed by atoms with Gasteiger partial charge in [-0.2, -0.15) is 0 Å². The van der Waals surface area contributed by atoms with Crippen LogP contribution >= 0.6 is 0 Å². The van der Waals surface area contributed by atoms with Gasteiger partial charge >= 0.3 is 5.63 Å². The number of ether oxygens (including phenoxy) is 2. The first-order valence-electron chi connectivity index (χ1n) is 5.49. The molecule has 1 unspecified atom stereocenters. The molecule has 0 amide bonds. The molecule has 0 radical (unpaired) electrons. The van der Waals surface area contributed by atoms with E-state index in [0.717, 1.165) is 0 Å². The average Bonchev–Trinajstić information content (AvgIpc) is 2.35. The molecule has 4 nitrogen and oxygen atoms in total. The van der Waals surface area contributed by atoms with E-state index in [1.807, 2.05) is 0 Å². The van der Waals surface area contributed by atoms with Gasteiger partial charge in [-0.25, -0.2) is 9.18 Å². The Bertz CT molecular complexity index is 603. The van der Waals surface area contributed by atoms with Crippen molar-refractivity contribution in [3.8, 4) is 11.5 Å². The second kappa shape index (κ2) is 5.08. The molecule has 2 rings (SSSR count). The van der Waals surface area contributed by atoms with E-state index < -0.39 is 11.8 Å².